The van der Waals surface area contributed by atoms with E-state index in [1.54, 1.807) is 4.88 Å². The molecule has 0 spiro atoms. The lowest BCUT2D eigenvalue weighted by Gasteiger charge is -2.27. The Kier molecular flexibility index (Phi) is 10.8. The van der Waals surface area contributed by atoms with Gasteiger partial charge in [0, 0.05) is 57.9 Å². The molecule has 7 heteroatoms. The molecular weight excluding hydrogens is 423 g/mol. The lowest BCUT2D eigenvalue weighted by molar-refractivity contribution is 0.145. The van der Waals surface area contributed by atoms with Gasteiger partial charge in [0.2, 0.25) is 0 Å². The summed E-state index contributed by atoms with van der Waals surface area (Å²) in [5, 5.41) is 8.91. The van der Waals surface area contributed by atoms with Gasteiger partial charge in [-0.25, -0.2) is 0 Å². The summed E-state index contributed by atoms with van der Waals surface area (Å²) in [7, 11) is 1.82. The second-order valence-corrected chi connectivity index (χ2v) is 6.37. The van der Waals surface area contributed by atoms with E-state index in [4.69, 9.17) is 4.74 Å². The predicted molar refractivity (Wildman–Crippen MR) is 109 cm³/mol. The average molecular weight is 452 g/mol. The van der Waals surface area contributed by atoms with Crippen LogP contribution in [0, 0.1) is 0 Å². The van der Waals surface area contributed by atoms with Gasteiger partial charge in [-0.1, -0.05) is 0 Å². The number of halogens is 1. The van der Waals surface area contributed by atoms with Crippen molar-refractivity contribution in [2.75, 3.05) is 46.4 Å². The number of hydrogen-bond acceptors (Lipinski definition) is 4. The molecule has 1 aliphatic rings. The van der Waals surface area contributed by atoms with E-state index >= 15 is 0 Å². The molecule has 0 unspecified atom stereocenters. The fraction of sp³-hybridized carbons (Fsp3) is 0.688. The van der Waals surface area contributed by atoms with Crippen molar-refractivity contribution >= 4 is 41.3 Å². The maximum Gasteiger partial charge on any atom is 0.191 e. The summed E-state index contributed by atoms with van der Waals surface area (Å²) in [5.41, 5.74) is 1.51. The van der Waals surface area contributed by atoms with Crippen LogP contribution >= 0.6 is 35.3 Å². The Hall–Kier alpha value is -0.380. The molecular formula is C16H29IN4OS. The molecule has 2 heterocycles. The van der Waals surface area contributed by atoms with Crippen LogP contribution in [0.3, 0.4) is 0 Å². The van der Waals surface area contributed by atoms with Crippen LogP contribution in [0.15, 0.2) is 16.4 Å². The topological polar surface area (TPSA) is 48.9 Å². The highest BCUT2D eigenvalue weighted by atomic mass is 127. The number of ether oxygens (including phenoxy) is 1. The van der Waals surface area contributed by atoms with Crippen molar-refractivity contribution in [3.05, 3.63) is 21.9 Å². The quantitative estimate of drug-likeness (QED) is 0.275. The summed E-state index contributed by atoms with van der Waals surface area (Å²) in [6, 6.07) is 2.26. The van der Waals surface area contributed by atoms with Gasteiger partial charge in [0.1, 0.15) is 0 Å². The standard InChI is InChI=1S/C16H28N4OS.HI/c1-3-21-11-4-7-18-16(17-2)19-8-10-20-9-5-15-14(13-20)6-12-22-15;/h6,12H,3-5,7-11,13H2,1-2H3,(H2,17,18,19);1H. The Labute approximate surface area is 160 Å². The van der Waals surface area contributed by atoms with E-state index in [1.807, 2.05) is 25.3 Å². The van der Waals surface area contributed by atoms with Gasteiger partial charge >= 0.3 is 0 Å². The van der Waals surface area contributed by atoms with Gasteiger partial charge in [-0.2, -0.15) is 0 Å². The number of rotatable bonds is 8. The molecule has 0 saturated heterocycles. The number of nitrogens with one attached hydrogen (secondary N) is 2. The van der Waals surface area contributed by atoms with E-state index < -0.39 is 0 Å². The molecule has 0 saturated carbocycles. The molecule has 0 aliphatic carbocycles. The summed E-state index contributed by atoms with van der Waals surface area (Å²) in [6.45, 7) is 8.72. The van der Waals surface area contributed by atoms with Crippen LogP contribution < -0.4 is 10.6 Å². The first-order valence-corrected chi connectivity index (χ1v) is 9.01. The van der Waals surface area contributed by atoms with Gasteiger partial charge in [0.25, 0.3) is 0 Å². The number of fused-ring (bicyclic) bond motifs is 1. The third-order valence-electron chi connectivity index (χ3n) is 3.79. The summed E-state index contributed by atoms with van der Waals surface area (Å²) in [5.74, 6) is 0.879. The minimum absolute atomic E-state index is 0. The summed E-state index contributed by atoms with van der Waals surface area (Å²) in [6.07, 6.45) is 2.19. The van der Waals surface area contributed by atoms with Crippen LogP contribution in [0.25, 0.3) is 0 Å². The highest BCUT2D eigenvalue weighted by molar-refractivity contribution is 14.0. The van der Waals surface area contributed by atoms with Crippen LogP contribution in [0.5, 0.6) is 0 Å². The van der Waals surface area contributed by atoms with Crippen LogP contribution in [-0.2, 0) is 17.7 Å². The van der Waals surface area contributed by atoms with Crippen LogP contribution in [0.2, 0.25) is 0 Å². The maximum absolute atomic E-state index is 5.33. The van der Waals surface area contributed by atoms with E-state index in [-0.39, 0.29) is 24.0 Å². The number of hydrogen-bond donors (Lipinski definition) is 2. The number of aliphatic imine (C=N–C) groups is 1. The van der Waals surface area contributed by atoms with Crippen molar-refractivity contribution < 1.29 is 4.74 Å². The first-order valence-electron chi connectivity index (χ1n) is 8.13. The molecule has 0 atom stereocenters. The van der Waals surface area contributed by atoms with Crippen molar-refractivity contribution in [3.8, 4) is 0 Å². The Morgan fingerprint density at radius 3 is 3.00 bits per heavy atom. The molecule has 0 amide bonds. The lowest BCUT2D eigenvalue weighted by Crippen LogP contribution is -2.42. The summed E-state index contributed by atoms with van der Waals surface area (Å²) in [4.78, 5) is 8.32. The second kappa shape index (κ2) is 12.0. The Balaban J connectivity index is 0.00000264. The van der Waals surface area contributed by atoms with E-state index in [9.17, 15) is 0 Å². The molecule has 5 nitrogen and oxygen atoms in total. The van der Waals surface area contributed by atoms with E-state index in [0.29, 0.717) is 0 Å². The zero-order valence-electron chi connectivity index (χ0n) is 14.1. The summed E-state index contributed by atoms with van der Waals surface area (Å²) < 4.78 is 5.33. The predicted octanol–water partition coefficient (Wildman–Crippen LogP) is 2.32. The average Bonchev–Trinajstić information content (AvgIpc) is 3.00. The Morgan fingerprint density at radius 2 is 2.22 bits per heavy atom. The fourth-order valence-corrected chi connectivity index (χ4v) is 3.47. The minimum Gasteiger partial charge on any atom is -0.382 e. The van der Waals surface area contributed by atoms with E-state index in [1.165, 1.54) is 12.0 Å². The van der Waals surface area contributed by atoms with Crippen LogP contribution in [-0.4, -0.2) is 57.3 Å². The first-order chi connectivity index (χ1) is 10.8. The zero-order valence-corrected chi connectivity index (χ0v) is 17.3. The van der Waals surface area contributed by atoms with Gasteiger partial charge in [0.05, 0.1) is 0 Å². The molecule has 0 aromatic carbocycles. The fourth-order valence-electron chi connectivity index (χ4n) is 2.58. The third kappa shape index (κ3) is 7.36. The van der Waals surface area contributed by atoms with E-state index in [0.717, 1.165) is 58.3 Å². The van der Waals surface area contributed by atoms with E-state index in [2.05, 4.69) is 32.0 Å². The molecule has 1 aromatic heterocycles. The monoisotopic (exact) mass is 452 g/mol. The zero-order chi connectivity index (χ0) is 15.6. The molecule has 0 radical (unpaired) electrons. The van der Waals surface area contributed by atoms with Crippen molar-refractivity contribution in [3.63, 3.8) is 0 Å². The molecule has 2 rings (SSSR count). The van der Waals surface area contributed by atoms with Gasteiger partial charge in [-0.05, 0) is 36.8 Å². The second-order valence-electron chi connectivity index (χ2n) is 5.37. The van der Waals surface area contributed by atoms with Crippen LogP contribution in [0.1, 0.15) is 23.8 Å². The number of thiophene rings is 1. The van der Waals surface area contributed by atoms with Crippen molar-refractivity contribution in [2.24, 2.45) is 4.99 Å². The van der Waals surface area contributed by atoms with Crippen LogP contribution in [0.4, 0.5) is 0 Å². The molecule has 0 bridgehead atoms. The van der Waals surface area contributed by atoms with Gasteiger partial charge in [-0.15, -0.1) is 35.3 Å². The molecule has 0 fully saturated rings. The summed E-state index contributed by atoms with van der Waals surface area (Å²) >= 11 is 1.89. The molecule has 23 heavy (non-hydrogen) atoms. The third-order valence-corrected chi connectivity index (χ3v) is 4.82. The smallest absolute Gasteiger partial charge is 0.191 e. The van der Waals surface area contributed by atoms with Crippen molar-refractivity contribution in [2.45, 2.75) is 26.3 Å². The maximum atomic E-state index is 5.33. The lowest BCUT2D eigenvalue weighted by atomic mass is 10.1. The minimum atomic E-state index is 0. The molecule has 1 aliphatic heterocycles. The Bertz CT molecular complexity index is 467. The highest BCUT2D eigenvalue weighted by Gasteiger charge is 2.16. The van der Waals surface area contributed by atoms with Gasteiger partial charge in [-0.3, -0.25) is 9.89 Å². The van der Waals surface area contributed by atoms with Gasteiger partial charge in [0.15, 0.2) is 5.96 Å². The van der Waals surface area contributed by atoms with Crippen molar-refractivity contribution in [1.82, 2.24) is 15.5 Å². The highest BCUT2D eigenvalue weighted by Crippen LogP contribution is 2.23. The number of guanidine groups is 1. The largest absolute Gasteiger partial charge is 0.382 e. The first kappa shape index (κ1) is 20.7. The molecule has 132 valence electrons. The molecule has 2 N–H and O–H groups in total. The molecule has 1 aromatic rings. The SMILES string of the molecule is CCOCCCNC(=NC)NCCN1CCc2sccc2C1.I. The van der Waals surface area contributed by atoms with Gasteiger partial charge < -0.3 is 15.4 Å². The normalized spacial score (nSPS) is 15.0. The van der Waals surface area contributed by atoms with Crippen molar-refractivity contribution in [1.29, 1.82) is 0 Å². The Morgan fingerprint density at radius 1 is 1.39 bits per heavy atom. The number of nitrogens with zero attached hydrogens (tertiary/aromatic N) is 2.